The lowest BCUT2D eigenvalue weighted by Crippen LogP contribution is -2.38. The second kappa shape index (κ2) is 5.66. The molecule has 1 aromatic rings. The van der Waals surface area contributed by atoms with Crippen molar-refractivity contribution in [1.82, 2.24) is 0 Å². The molecule has 0 bridgehead atoms. The predicted molar refractivity (Wildman–Crippen MR) is 81.6 cm³/mol. The van der Waals surface area contributed by atoms with E-state index in [9.17, 15) is 5.11 Å². The number of hydrogen-bond donors (Lipinski definition) is 1. The molecule has 106 valence electrons. The van der Waals surface area contributed by atoms with Gasteiger partial charge in [-0.15, -0.1) is 0 Å². The van der Waals surface area contributed by atoms with Gasteiger partial charge in [0, 0.05) is 6.42 Å². The van der Waals surface area contributed by atoms with Gasteiger partial charge in [0.05, 0.1) is 5.60 Å². The third-order valence-electron chi connectivity index (χ3n) is 4.86. The predicted octanol–water partition coefficient (Wildman–Crippen LogP) is 4.49. The second-order valence-electron chi connectivity index (χ2n) is 6.75. The lowest BCUT2D eigenvalue weighted by atomic mass is 9.74. The van der Waals surface area contributed by atoms with Crippen molar-refractivity contribution in [2.75, 3.05) is 0 Å². The van der Waals surface area contributed by atoms with Crippen LogP contribution >= 0.6 is 0 Å². The number of rotatable bonds is 3. The van der Waals surface area contributed by atoms with Crippen LogP contribution in [0.5, 0.6) is 0 Å². The average molecular weight is 260 g/mol. The Morgan fingerprint density at radius 2 is 1.58 bits per heavy atom. The Balaban J connectivity index is 2.19. The van der Waals surface area contributed by atoms with Gasteiger partial charge < -0.3 is 5.11 Å². The molecule has 1 aliphatic carbocycles. The zero-order valence-electron chi connectivity index (χ0n) is 12.9. The largest absolute Gasteiger partial charge is 0.390 e. The van der Waals surface area contributed by atoms with Crippen molar-refractivity contribution in [3.63, 3.8) is 0 Å². The van der Waals surface area contributed by atoms with E-state index < -0.39 is 5.60 Å². The maximum Gasteiger partial charge on any atom is 0.0688 e. The maximum absolute atomic E-state index is 10.9. The molecule has 0 heterocycles. The van der Waals surface area contributed by atoms with Gasteiger partial charge in [-0.1, -0.05) is 37.0 Å². The molecular formula is C18H28O. The van der Waals surface area contributed by atoms with Crippen LogP contribution in [0.15, 0.2) is 12.1 Å². The van der Waals surface area contributed by atoms with Gasteiger partial charge in [0.1, 0.15) is 0 Å². The van der Waals surface area contributed by atoms with Crippen LogP contribution in [-0.4, -0.2) is 10.7 Å². The molecule has 1 aromatic carbocycles. The summed E-state index contributed by atoms with van der Waals surface area (Å²) < 4.78 is 0. The van der Waals surface area contributed by atoms with Gasteiger partial charge in [0.2, 0.25) is 0 Å². The summed E-state index contributed by atoms with van der Waals surface area (Å²) in [4.78, 5) is 0. The Kier molecular flexibility index (Phi) is 4.35. The molecule has 1 heteroatoms. The smallest absolute Gasteiger partial charge is 0.0688 e. The Hall–Kier alpha value is -0.820. The molecule has 0 amide bonds. The van der Waals surface area contributed by atoms with Crippen LogP contribution in [0, 0.1) is 26.7 Å². The van der Waals surface area contributed by atoms with Crippen LogP contribution < -0.4 is 0 Å². The summed E-state index contributed by atoms with van der Waals surface area (Å²) in [6.45, 7) is 8.53. The van der Waals surface area contributed by atoms with E-state index in [0.717, 1.165) is 6.42 Å². The Morgan fingerprint density at radius 1 is 1.05 bits per heavy atom. The van der Waals surface area contributed by atoms with Crippen molar-refractivity contribution in [1.29, 1.82) is 0 Å². The quantitative estimate of drug-likeness (QED) is 0.849. The fourth-order valence-electron chi connectivity index (χ4n) is 3.72. The summed E-state index contributed by atoms with van der Waals surface area (Å²) in [6.07, 6.45) is 7.10. The first-order chi connectivity index (χ1) is 8.90. The highest BCUT2D eigenvalue weighted by Gasteiger charge is 2.33. The molecule has 1 nitrogen and oxygen atoms in total. The molecule has 1 saturated carbocycles. The zero-order chi connectivity index (χ0) is 14.0. The fourth-order valence-corrected chi connectivity index (χ4v) is 3.72. The minimum absolute atomic E-state index is 0.473. The normalized spacial score (nSPS) is 20.3. The Labute approximate surface area is 118 Å². The zero-order valence-corrected chi connectivity index (χ0v) is 12.9. The van der Waals surface area contributed by atoms with Gasteiger partial charge in [0.15, 0.2) is 0 Å². The van der Waals surface area contributed by atoms with Crippen molar-refractivity contribution in [3.05, 3.63) is 34.4 Å². The molecule has 1 fully saturated rings. The van der Waals surface area contributed by atoms with Crippen molar-refractivity contribution in [2.45, 2.75) is 71.8 Å². The number of aryl methyl sites for hydroxylation is 3. The number of aliphatic hydroxyl groups is 1. The van der Waals surface area contributed by atoms with Gasteiger partial charge >= 0.3 is 0 Å². The summed E-state index contributed by atoms with van der Waals surface area (Å²) in [5, 5.41) is 10.9. The second-order valence-corrected chi connectivity index (χ2v) is 6.75. The van der Waals surface area contributed by atoms with Crippen LogP contribution in [0.4, 0.5) is 0 Å². The lowest BCUT2D eigenvalue weighted by Gasteiger charge is -2.36. The topological polar surface area (TPSA) is 20.2 Å². The maximum atomic E-state index is 10.9. The molecule has 1 unspecified atom stereocenters. The van der Waals surface area contributed by atoms with E-state index in [1.807, 2.05) is 6.92 Å². The van der Waals surface area contributed by atoms with Gasteiger partial charge in [-0.3, -0.25) is 0 Å². The molecule has 2 rings (SSSR count). The molecular weight excluding hydrogens is 232 g/mol. The summed E-state index contributed by atoms with van der Waals surface area (Å²) in [5.41, 5.74) is 4.77. The highest BCUT2D eigenvalue weighted by molar-refractivity contribution is 5.38. The third kappa shape index (κ3) is 3.39. The van der Waals surface area contributed by atoms with E-state index in [0.29, 0.717) is 5.92 Å². The van der Waals surface area contributed by atoms with Crippen LogP contribution in [0.1, 0.15) is 61.3 Å². The summed E-state index contributed by atoms with van der Waals surface area (Å²) in [6, 6.07) is 4.47. The van der Waals surface area contributed by atoms with Crippen LogP contribution in [-0.2, 0) is 6.42 Å². The first-order valence-electron chi connectivity index (χ1n) is 7.69. The minimum Gasteiger partial charge on any atom is -0.390 e. The molecule has 0 aromatic heterocycles. The van der Waals surface area contributed by atoms with Crippen LogP contribution in [0.2, 0.25) is 0 Å². The van der Waals surface area contributed by atoms with Crippen molar-refractivity contribution < 1.29 is 5.11 Å². The van der Waals surface area contributed by atoms with Gasteiger partial charge in [-0.05, 0) is 63.1 Å². The summed E-state index contributed by atoms with van der Waals surface area (Å²) >= 11 is 0. The van der Waals surface area contributed by atoms with E-state index in [2.05, 4.69) is 32.9 Å². The van der Waals surface area contributed by atoms with Crippen molar-refractivity contribution >= 4 is 0 Å². The van der Waals surface area contributed by atoms with Crippen LogP contribution in [0.25, 0.3) is 0 Å². The standard InChI is InChI=1S/C18H28O/c1-13-10-14(2)17(15(3)11-13)12-18(4,19)16-8-6-5-7-9-16/h10-11,16,19H,5-9,12H2,1-4H3. The molecule has 1 aliphatic rings. The lowest BCUT2D eigenvalue weighted by molar-refractivity contribution is -0.0161. The van der Waals surface area contributed by atoms with E-state index in [4.69, 9.17) is 0 Å². The van der Waals surface area contributed by atoms with Gasteiger partial charge in [-0.25, -0.2) is 0 Å². The fraction of sp³-hybridized carbons (Fsp3) is 0.667. The number of benzene rings is 1. The first kappa shape index (κ1) is 14.6. The molecule has 0 aliphatic heterocycles. The third-order valence-corrected chi connectivity index (χ3v) is 4.86. The Bertz CT molecular complexity index is 416. The van der Waals surface area contributed by atoms with E-state index in [1.165, 1.54) is 54.4 Å². The van der Waals surface area contributed by atoms with E-state index in [-0.39, 0.29) is 0 Å². The molecule has 0 spiro atoms. The number of hydrogen-bond acceptors (Lipinski definition) is 1. The highest BCUT2D eigenvalue weighted by atomic mass is 16.3. The monoisotopic (exact) mass is 260 g/mol. The van der Waals surface area contributed by atoms with Crippen molar-refractivity contribution in [2.24, 2.45) is 5.92 Å². The summed E-state index contributed by atoms with van der Waals surface area (Å²) in [5.74, 6) is 0.473. The molecule has 1 atom stereocenters. The molecule has 0 radical (unpaired) electrons. The van der Waals surface area contributed by atoms with E-state index in [1.54, 1.807) is 0 Å². The van der Waals surface area contributed by atoms with Gasteiger partial charge in [-0.2, -0.15) is 0 Å². The van der Waals surface area contributed by atoms with Crippen molar-refractivity contribution in [3.8, 4) is 0 Å². The Morgan fingerprint density at radius 3 is 2.11 bits per heavy atom. The van der Waals surface area contributed by atoms with Gasteiger partial charge in [0.25, 0.3) is 0 Å². The minimum atomic E-state index is -0.550. The molecule has 0 saturated heterocycles. The summed E-state index contributed by atoms with van der Waals surface area (Å²) in [7, 11) is 0. The molecule has 19 heavy (non-hydrogen) atoms. The van der Waals surface area contributed by atoms with E-state index >= 15 is 0 Å². The first-order valence-corrected chi connectivity index (χ1v) is 7.69. The highest BCUT2D eigenvalue weighted by Crippen LogP contribution is 2.35. The van der Waals surface area contributed by atoms with Crippen LogP contribution in [0.3, 0.4) is 0 Å². The average Bonchev–Trinajstić information content (AvgIpc) is 2.35. The SMILES string of the molecule is Cc1cc(C)c(CC(C)(O)C2CCCCC2)c(C)c1. The molecule has 1 N–H and O–H groups in total.